The van der Waals surface area contributed by atoms with Crippen molar-refractivity contribution in [3.8, 4) is 17.3 Å². The minimum Gasteiger partial charge on any atom is -0.439 e. The number of hydrogen-bond donors (Lipinski definition) is 0. The van der Waals surface area contributed by atoms with E-state index in [1.807, 2.05) is 36.6 Å². The highest BCUT2D eigenvalue weighted by Crippen LogP contribution is 2.29. The van der Waals surface area contributed by atoms with Gasteiger partial charge >= 0.3 is 6.03 Å². The molecule has 0 atom stereocenters. The first-order valence-corrected chi connectivity index (χ1v) is 12.2. The van der Waals surface area contributed by atoms with Crippen molar-refractivity contribution in [2.24, 2.45) is 0 Å². The fraction of sp³-hybridized carbons (Fsp3) is 0.103. The van der Waals surface area contributed by atoms with E-state index in [-0.39, 0.29) is 17.1 Å². The van der Waals surface area contributed by atoms with Gasteiger partial charge in [0.1, 0.15) is 17.5 Å². The third-order valence-electron chi connectivity index (χ3n) is 6.48. The number of rotatable bonds is 6. The van der Waals surface area contributed by atoms with Crippen LogP contribution >= 0.6 is 0 Å². The Hall–Kier alpha value is -5.58. The minimum absolute atomic E-state index is 0.120. The lowest BCUT2D eigenvalue weighted by Gasteiger charge is -2.31. The zero-order chi connectivity index (χ0) is 28.6. The molecule has 4 amide bonds. The molecular formula is C29H23N5O6. The van der Waals surface area contributed by atoms with Gasteiger partial charge in [0.25, 0.3) is 17.5 Å². The number of aromatic nitrogens is 2. The number of carbonyl (C=O) groups is 3. The first-order valence-electron chi connectivity index (χ1n) is 12.2. The summed E-state index contributed by atoms with van der Waals surface area (Å²) >= 11 is 0. The smallest absolute Gasteiger partial charge is 0.338 e. The van der Waals surface area contributed by atoms with E-state index in [0.717, 1.165) is 33.1 Å². The molecule has 0 unspecified atom stereocenters. The lowest BCUT2D eigenvalue weighted by atomic mass is 10.1. The van der Waals surface area contributed by atoms with Gasteiger partial charge in [0.15, 0.2) is 0 Å². The Morgan fingerprint density at radius 1 is 0.900 bits per heavy atom. The van der Waals surface area contributed by atoms with Crippen LogP contribution in [0.1, 0.15) is 17.0 Å². The van der Waals surface area contributed by atoms with E-state index in [0.29, 0.717) is 17.0 Å². The predicted molar refractivity (Wildman–Crippen MR) is 146 cm³/mol. The van der Waals surface area contributed by atoms with Crippen molar-refractivity contribution >= 4 is 35.3 Å². The zero-order valence-corrected chi connectivity index (χ0v) is 21.8. The Morgan fingerprint density at radius 2 is 1.60 bits per heavy atom. The van der Waals surface area contributed by atoms with E-state index in [1.165, 1.54) is 25.3 Å². The largest absolute Gasteiger partial charge is 0.439 e. The van der Waals surface area contributed by atoms with E-state index in [9.17, 15) is 24.5 Å². The molecule has 0 N–H and O–H groups in total. The normalized spacial score (nSPS) is 14.7. The highest BCUT2D eigenvalue weighted by molar-refractivity contribution is 6.39. The van der Waals surface area contributed by atoms with Gasteiger partial charge in [-0.3, -0.25) is 24.6 Å². The van der Waals surface area contributed by atoms with Crippen molar-refractivity contribution in [1.29, 1.82) is 0 Å². The van der Waals surface area contributed by atoms with Crippen LogP contribution in [0.25, 0.3) is 11.8 Å². The summed E-state index contributed by atoms with van der Waals surface area (Å²) in [6, 6.07) is 19.5. The molecule has 2 aromatic heterocycles. The summed E-state index contributed by atoms with van der Waals surface area (Å²) in [7, 11) is 1.35. The number of benzene rings is 2. The maximum absolute atomic E-state index is 13.3. The molecule has 11 nitrogen and oxygen atoms in total. The number of nitro groups is 1. The number of urea groups is 1. The van der Waals surface area contributed by atoms with Gasteiger partial charge in [0.2, 0.25) is 5.88 Å². The lowest BCUT2D eigenvalue weighted by Crippen LogP contribution is -2.55. The number of carbonyl (C=O) groups excluding carboxylic acids is 3. The van der Waals surface area contributed by atoms with E-state index >= 15 is 0 Å². The third-order valence-corrected chi connectivity index (χ3v) is 6.48. The van der Waals surface area contributed by atoms with Crippen LogP contribution in [-0.4, -0.2) is 44.3 Å². The van der Waals surface area contributed by atoms with Crippen molar-refractivity contribution in [1.82, 2.24) is 14.5 Å². The van der Waals surface area contributed by atoms with Crippen molar-refractivity contribution < 1.29 is 24.0 Å². The summed E-state index contributed by atoms with van der Waals surface area (Å²) < 4.78 is 7.65. The number of nitrogens with zero attached hydrogens (tertiary/aromatic N) is 5. The standard InChI is InChI=1S/C29H23N5O6/c1-18-15-20(16-25-27(35)31(3)29(37)33(28(25)36)21-7-5-4-6-8-21)19(2)32(18)22-9-12-24(13-10-22)40-26-14-11-23(17-30-26)34(38)39/h4-17H,1-3H3/b25-16+. The molecular weight excluding hydrogens is 514 g/mol. The summed E-state index contributed by atoms with van der Waals surface area (Å²) in [6.45, 7) is 3.77. The van der Waals surface area contributed by atoms with Crippen LogP contribution in [0.2, 0.25) is 0 Å². The number of barbiturate groups is 1. The number of pyridine rings is 1. The molecule has 11 heteroatoms. The fourth-order valence-corrected chi connectivity index (χ4v) is 4.46. The maximum atomic E-state index is 13.3. The van der Waals surface area contributed by atoms with Gasteiger partial charge in [0, 0.05) is 36.3 Å². The van der Waals surface area contributed by atoms with Crippen LogP contribution in [0.3, 0.4) is 0 Å². The number of anilines is 1. The molecule has 0 saturated carbocycles. The molecule has 0 aliphatic carbocycles. The van der Waals surface area contributed by atoms with Gasteiger partial charge in [-0.2, -0.15) is 0 Å². The number of aryl methyl sites for hydroxylation is 1. The second kappa shape index (κ2) is 10.3. The van der Waals surface area contributed by atoms with Crippen LogP contribution in [-0.2, 0) is 9.59 Å². The highest BCUT2D eigenvalue weighted by atomic mass is 16.6. The molecule has 0 bridgehead atoms. The second-order valence-corrected chi connectivity index (χ2v) is 9.05. The minimum atomic E-state index is -0.713. The molecule has 5 rings (SSSR count). The van der Waals surface area contributed by atoms with Crippen molar-refractivity contribution in [3.05, 3.63) is 112 Å². The van der Waals surface area contributed by atoms with Crippen LogP contribution in [0, 0.1) is 24.0 Å². The monoisotopic (exact) mass is 537 g/mol. The van der Waals surface area contributed by atoms with E-state index < -0.39 is 22.8 Å². The van der Waals surface area contributed by atoms with Gasteiger partial charge in [-0.15, -0.1) is 0 Å². The molecule has 1 saturated heterocycles. The number of para-hydroxylation sites is 1. The Labute approximate surface area is 228 Å². The number of likely N-dealkylation sites (N-methyl/N-ethyl adjacent to an activating group) is 1. The number of ether oxygens (including phenoxy) is 1. The summed E-state index contributed by atoms with van der Waals surface area (Å²) in [5.41, 5.74) is 3.22. The molecule has 0 spiro atoms. The fourth-order valence-electron chi connectivity index (χ4n) is 4.46. The molecule has 1 aliphatic rings. The maximum Gasteiger partial charge on any atom is 0.338 e. The second-order valence-electron chi connectivity index (χ2n) is 9.05. The first kappa shape index (κ1) is 26.0. The molecule has 40 heavy (non-hydrogen) atoms. The van der Waals surface area contributed by atoms with Crippen LogP contribution in [0.4, 0.5) is 16.2 Å². The Kier molecular flexibility index (Phi) is 6.70. The topological polar surface area (TPSA) is 128 Å². The van der Waals surface area contributed by atoms with Crippen LogP contribution in [0.5, 0.6) is 11.6 Å². The first-order chi connectivity index (χ1) is 19.2. The number of amides is 4. The van der Waals surface area contributed by atoms with Gasteiger partial charge in [-0.05, 0) is 68.0 Å². The highest BCUT2D eigenvalue weighted by Gasteiger charge is 2.41. The molecule has 0 radical (unpaired) electrons. The average molecular weight is 538 g/mol. The van der Waals surface area contributed by atoms with E-state index in [1.54, 1.807) is 42.5 Å². The Balaban J connectivity index is 1.43. The zero-order valence-electron chi connectivity index (χ0n) is 21.8. The van der Waals surface area contributed by atoms with E-state index in [4.69, 9.17) is 4.74 Å². The molecule has 2 aromatic carbocycles. The SMILES string of the molecule is Cc1cc(/C=C2\C(=O)N(C)C(=O)N(c3ccccc3)C2=O)c(C)n1-c1ccc(Oc2ccc([N+](=O)[O-])cn2)cc1. The van der Waals surface area contributed by atoms with Gasteiger partial charge in [0.05, 0.1) is 10.6 Å². The molecule has 1 aliphatic heterocycles. The summed E-state index contributed by atoms with van der Waals surface area (Å²) in [6.07, 6.45) is 2.64. The number of imide groups is 2. The predicted octanol–water partition coefficient (Wildman–Crippen LogP) is 5.20. The molecule has 4 aromatic rings. The van der Waals surface area contributed by atoms with Gasteiger partial charge < -0.3 is 9.30 Å². The molecule has 1 fully saturated rings. The summed E-state index contributed by atoms with van der Waals surface area (Å²) in [5.74, 6) is -0.656. The van der Waals surface area contributed by atoms with E-state index in [2.05, 4.69) is 4.98 Å². The average Bonchev–Trinajstić information content (AvgIpc) is 3.23. The van der Waals surface area contributed by atoms with Crippen molar-refractivity contribution in [3.63, 3.8) is 0 Å². The quantitative estimate of drug-likeness (QED) is 0.143. The van der Waals surface area contributed by atoms with Gasteiger partial charge in [-0.25, -0.2) is 14.7 Å². The third kappa shape index (κ3) is 4.71. The lowest BCUT2D eigenvalue weighted by molar-refractivity contribution is -0.385. The molecule has 200 valence electrons. The number of hydrogen-bond acceptors (Lipinski definition) is 7. The van der Waals surface area contributed by atoms with Crippen molar-refractivity contribution in [2.45, 2.75) is 13.8 Å². The summed E-state index contributed by atoms with van der Waals surface area (Å²) in [5, 5.41) is 10.8. The Bertz CT molecular complexity index is 1670. The van der Waals surface area contributed by atoms with Crippen LogP contribution < -0.4 is 9.64 Å². The summed E-state index contributed by atoms with van der Waals surface area (Å²) in [4.78, 5) is 55.2. The van der Waals surface area contributed by atoms with Crippen molar-refractivity contribution in [2.75, 3.05) is 11.9 Å². The van der Waals surface area contributed by atoms with Gasteiger partial charge in [-0.1, -0.05) is 18.2 Å². The Morgan fingerprint density at radius 3 is 2.23 bits per heavy atom. The molecule has 3 heterocycles. The van der Waals surface area contributed by atoms with Crippen LogP contribution in [0.15, 0.2) is 84.6 Å².